The van der Waals surface area contributed by atoms with Crippen LogP contribution in [0, 0.1) is 0 Å². The number of ether oxygens (including phenoxy) is 2. The second-order valence-corrected chi connectivity index (χ2v) is 5.17. The van der Waals surface area contributed by atoms with Crippen LogP contribution in [0.3, 0.4) is 0 Å². The molecule has 11 heteroatoms. The maximum absolute atomic E-state index is 12.0. The molecule has 0 unspecified atom stereocenters. The van der Waals surface area contributed by atoms with E-state index in [2.05, 4.69) is 20.9 Å². The Bertz CT molecular complexity index is 691. The number of benzene rings is 1. The number of nitrogens with zero attached hydrogens (tertiary/aromatic N) is 3. The molecule has 23 heavy (non-hydrogen) atoms. The quantitative estimate of drug-likeness (QED) is 0.312. The van der Waals surface area contributed by atoms with Gasteiger partial charge in [-0.3, -0.25) is 10.2 Å². The molecule has 0 radical (unpaired) electrons. The lowest BCUT2D eigenvalue weighted by Crippen LogP contribution is -2.19. The van der Waals surface area contributed by atoms with Crippen LogP contribution >= 0.6 is 11.8 Å². The van der Waals surface area contributed by atoms with Gasteiger partial charge in [-0.25, -0.2) is 10.5 Å². The molecule has 0 bridgehead atoms. The van der Waals surface area contributed by atoms with E-state index < -0.39 is 0 Å². The molecule has 0 saturated heterocycles. The van der Waals surface area contributed by atoms with Crippen LogP contribution in [0.4, 0.5) is 11.6 Å². The predicted molar refractivity (Wildman–Crippen MR) is 86.9 cm³/mol. The summed E-state index contributed by atoms with van der Waals surface area (Å²) >= 11 is 1.12. The van der Waals surface area contributed by atoms with Gasteiger partial charge >= 0.3 is 0 Å². The third kappa shape index (κ3) is 3.96. The number of hydrazine groups is 1. The highest BCUT2D eigenvalue weighted by molar-refractivity contribution is 7.99. The highest BCUT2D eigenvalue weighted by Crippen LogP contribution is 2.29. The molecule has 2 rings (SSSR count). The zero-order valence-corrected chi connectivity index (χ0v) is 13.4. The second kappa shape index (κ2) is 7.56. The topological polar surface area (TPSA) is 142 Å². The zero-order valence-electron chi connectivity index (χ0n) is 12.6. The number of aromatic nitrogens is 3. The van der Waals surface area contributed by atoms with E-state index >= 15 is 0 Å². The van der Waals surface area contributed by atoms with Crippen LogP contribution in [0.2, 0.25) is 0 Å². The normalized spacial score (nSPS) is 10.2. The van der Waals surface area contributed by atoms with Crippen LogP contribution in [0.25, 0.3) is 0 Å². The van der Waals surface area contributed by atoms with Crippen molar-refractivity contribution in [2.24, 2.45) is 5.84 Å². The number of hydrogen-bond acceptors (Lipinski definition) is 9. The molecule has 1 heterocycles. The Hall–Kier alpha value is -2.66. The highest BCUT2D eigenvalue weighted by Gasteiger charge is 2.13. The first kappa shape index (κ1) is 16.7. The standard InChI is InChI=1S/C12H17N7O3S/c1-21-7-3-4-8(9(5-7)22-2)15-10(20)6-23-12-18-17-11(16-13)19(12)14/h3-5H,6,13-14H2,1-2H3,(H,15,20)(H,16,17). The molecular formula is C12H17N7O3S. The van der Waals surface area contributed by atoms with Crippen molar-refractivity contribution >= 4 is 29.3 Å². The minimum atomic E-state index is -0.247. The van der Waals surface area contributed by atoms with Crippen molar-refractivity contribution in [3.63, 3.8) is 0 Å². The molecule has 0 aliphatic heterocycles. The Morgan fingerprint density at radius 3 is 2.74 bits per heavy atom. The molecule has 0 aliphatic rings. The minimum absolute atomic E-state index is 0.0923. The van der Waals surface area contributed by atoms with Gasteiger partial charge in [0.25, 0.3) is 5.95 Å². The Kier molecular flexibility index (Phi) is 5.49. The molecule has 1 aromatic carbocycles. The Morgan fingerprint density at radius 2 is 2.13 bits per heavy atom. The molecule has 0 fully saturated rings. The van der Waals surface area contributed by atoms with E-state index in [4.69, 9.17) is 21.2 Å². The molecule has 1 amide bonds. The number of amides is 1. The lowest BCUT2D eigenvalue weighted by Gasteiger charge is -2.11. The van der Waals surface area contributed by atoms with Crippen molar-refractivity contribution in [2.45, 2.75) is 5.16 Å². The Labute approximate surface area is 136 Å². The average Bonchev–Trinajstić information content (AvgIpc) is 2.93. The summed E-state index contributed by atoms with van der Waals surface area (Å²) in [6.45, 7) is 0. The predicted octanol–water partition coefficient (Wildman–Crippen LogP) is 0.0255. The number of thioether (sulfide) groups is 1. The minimum Gasteiger partial charge on any atom is -0.497 e. The van der Waals surface area contributed by atoms with Crippen molar-refractivity contribution in [1.29, 1.82) is 0 Å². The number of methoxy groups -OCH3 is 2. The number of rotatable bonds is 7. The van der Waals surface area contributed by atoms with E-state index in [1.807, 2.05) is 0 Å². The average molecular weight is 339 g/mol. The van der Waals surface area contributed by atoms with E-state index in [1.54, 1.807) is 25.3 Å². The zero-order chi connectivity index (χ0) is 16.8. The van der Waals surface area contributed by atoms with Crippen LogP contribution < -0.4 is 31.9 Å². The summed E-state index contributed by atoms with van der Waals surface area (Å²) in [5.74, 6) is 12.1. The van der Waals surface area contributed by atoms with Crippen LogP contribution in [-0.4, -0.2) is 40.8 Å². The van der Waals surface area contributed by atoms with Gasteiger partial charge in [-0.1, -0.05) is 11.8 Å². The summed E-state index contributed by atoms with van der Waals surface area (Å²) in [7, 11) is 3.06. The maximum atomic E-state index is 12.0. The summed E-state index contributed by atoms with van der Waals surface area (Å²) in [6, 6.07) is 5.10. The highest BCUT2D eigenvalue weighted by atomic mass is 32.2. The van der Waals surface area contributed by atoms with Gasteiger partial charge in [-0.05, 0) is 12.1 Å². The van der Waals surface area contributed by atoms with Crippen LogP contribution in [0.1, 0.15) is 0 Å². The second-order valence-electron chi connectivity index (χ2n) is 4.22. The van der Waals surface area contributed by atoms with E-state index in [0.717, 1.165) is 16.4 Å². The van der Waals surface area contributed by atoms with Crippen molar-refractivity contribution in [3.8, 4) is 11.5 Å². The Balaban J connectivity index is 1.98. The summed E-state index contributed by atoms with van der Waals surface area (Å²) in [5.41, 5.74) is 2.83. The fraction of sp³-hybridized carbons (Fsp3) is 0.250. The molecule has 10 nitrogen and oxygen atoms in total. The third-order valence-corrected chi connectivity index (χ3v) is 3.75. The fourth-order valence-corrected chi connectivity index (χ4v) is 2.35. The van der Waals surface area contributed by atoms with Gasteiger partial charge in [-0.2, -0.15) is 0 Å². The first-order valence-electron chi connectivity index (χ1n) is 6.40. The number of carbonyl (C=O) groups is 1. The largest absolute Gasteiger partial charge is 0.497 e. The molecule has 124 valence electrons. The number of carbonyl (C=O) groups excluding carboxylic acids is 1. The number of anilines is 2. The molecule has 0 spiro atoms. The first-order valence-corrected chi connectivity index (χ1v) is 7.39. The lowest BCUT2D eigenvalue weighted by molar-refractivity contribution is -0.113. The van der Waals surface area contributed by atoms with E-state index in [-0.39, 0.29) is 17.6 Å². The maximum Gasteiger partial charge on any atom is 0.258 e. The molecule has 0 atom stereocenters. The lowest BCUT2D eigenvalue weighted by atomic mass is 10.2. The van der Waals surface area contributed by atoms with Gasteiger partial charge in [0.05, 0.1) is 25.7 Å². The molecule has 6 N–H and O–H groups in total. The van der Waals surface area contributed by atoms with E-state index in [9.17, 15) is 4.79 Å². The monoisotopic (exact) mass is 339 g/mol. The summed E-state index contributed by atoms with van der Waals surface area (Å²) in [5, 5.41) is 10.6. The molecule has 1 aromatic heterocycles. The molecule has 0 aliphatic carbocycles. The SMILES string of the molecule is COc1ccc(NC(=O)CSc2nnc(NN)n2N)c(OC)c1. The van der Waals surface area contributed by atoms with E-state index in [1.165, 1.54) is 7.11 Å². The van der Waals surface area contributed by atoms with Crippen molar-refractivity contribution in [1.82, 2.24) is 14.9 Å². The van der Waals surface area contributed by atoms with E-state index in [0.29, 0.717) is 22.3 Å². The number of nitrogens with two attached hydrogens (primary N) is 2. The first-order chi connectivity index (χ1) is 11.1. The number of nitrogens with one attached hydrogen (secondary N) is 2. The Morgan fingerprint density at radius 1 is 1.35 bits per heavy atom. The fourth-order valence-electron chi connectivity index (χ4n) is 1.69. The van der Waals surface area contributed by atoms with Crippen LogP contribution in [-0.2, 0) is 4.79 Å². The van der Waals surface area contributed by atoms with Crippen molar-refractivity contribution in [3.05, 3.63) is 18.2 Å². The summed E-state index contributed by atoms with van der Waals surface area (Å²) < 4.78 is 11.5. The van der Waals surface area contributed by atoms with Crippen molar-refractivity contribution < 1.29 is 14.3 Å². The number of hydrogen-bond donors (Lipinski definition) is 4. The smallest absolute Gasteiger partial charge is 0.258 e. The summed E-state index contributed by atoms with van der Waals surface area (Å²) in [4.78, 5) is 12.0. The van der Waals surface area contributed by atoms with Gasteiger partial charge in [0.2, 0.25) is 11.1 Å². The molecule has 0 saturated carbocycles. The van der Waals surface area contributed by atoms with Gasteiger partial charge in [-0.15, -0.1) is 10.2 Å². The van der Waals surface area contributed by atoms with Gasteiger partial charge < -0.3 is 20.6 Å². The van der Waals surface area contributed by atoms with Crippen molar-refractivity contribution in [2.75, 3.05) is 36.6 Å². The number of nitrogen functional groups attached to an aromatic ring is 2. The third-order valence-electron chi connectivity index (χ3n) is 2.81. The summed E-state index contributed by atoms with van der Waals surface area (Å²) in [6.07, 6.45) is 0. The van der Waals surface area contributed by atoms with Gasteiger partial charge in [0.1, 0.15) is 11.5 Å². The van der Waals surface area contributed by atoms with Crippen LogP contribution in [0.5, 0.6) is 11.5 Å². The van der Waals surface area contributed by atoms with Gasteiger partial charge in [0.15, 0.2) is 0 Å². The van der Waals surface area contributed by atoms with Gasteiger partial charge in [0, 0.05) is 6.07 Å². The molecule has 2 aromatic rings. The van der Waals surface area contributed by atoms with Crippen LogP contribution in [0.15, 0.2) is 23.4 Å². The molecular weight excluding hydrogens is 322 g/mol.